The van der Waals surface area contributed by atoms with Gasteiger partial charge in [0.2, 0.25) is 0 Å². The highest BCUT2D eigenvalue weighted by atomic mass is 14.1. The van der Waals surface area contributed by atoms with Crippen molar-refractivity contribution in [3.8, 4) is 0 Å². The molecule has 0 saturated carbocycles. The number of hydrogen-bond donors (Lipinski definition) is 0. The standard InChI is InChI=1S/C15H22/c1-11(2)13(5)10-14-8-6-7-9-15(14)12(3)4/h6-9,11-12H,5,10H2,1-4H3. The zero-order valence-electron chi connectivity index (χ0n) is 10.4. The zero-order chi connectivity index (χ0) is 11.4. The minimum absolute atomic E-state index is 0.574. The maximum Gasteiger partial charge on any atom is -0.00644 e. The Morgan fingerprint density at radius 2 is 1.73 bits per heavy atom. The lowest BCUT2D eigenvalue weighted by Crippen LogP contribution is -2.01. The molecule has 0 nitrogen and oxygen atoms in total. The summed E-state index contributed by atoms with van der Waals surface area (Å²) in [5, 5.41) is 0. The van der Waals surface area contributed by atoms with Crippen LogP contribution in [0.15, 0.2) is 36.4 Å². The van der Waals surface area contributed by atoms with Crippen molar-refractivity contribution in [3.05, 3.63) is 47.5 Å². The topological polar surface area (TPSA) is 0 Å². The Morgan fingerprint density at radius 1 is 1.13 bits per heavy atom. The minimum Gasteiger partial charge on any atom is -0.0993 e. The lowest BCUT2D eigenvalue weighted by molar-refractivity contribution is 0.737. The monoisotopic (exact) mass is 202 g/mol. The Morgan fingerprint density at radius 3 is 2.27 bits per heavy atom. The lowest BCUT2D eigenvalue weighted by atomic mass is 9.90. The molecule has 0 radical (unpaired) electrons. The highest BCUT2D eigenvalue weighted by molar-refractivity contribution is 5.32. The molecule has 0 aliphatic carbocycles. The maximum atomic E-state index is 4.15. The second-order valence-corrected chi connectivity index (χ2v) is 4.84. The molecule has 0 atom stereocenters. The van der Waals surface area contributed by atoms with Crippen LogP contribution < -0.4 is 0 Å². The normalized spacial score (nSPS) is 11.1. The first-order chi connectivity index (χ1) is 7.02. The highest BCUT2D eigenvalue weighted by Gasteiger charge is 2.08. The largest absolute Gasteiger partial charge is 0.0993 e. The molecule has 0 amide bonds. The van der Waals surface area contributed by atoms with E-state index in [-0.39, 0.29) is 0 Å². The van der Waals surface area contributed by atoms with E-state index in [9.17, 15) is 0 Å². The Hall–Kier alpha value is -1.04. The van der Waals surface area contributed by atoms with Crippen LogP contribution in [0.4, 0.5) is 0 Å². The molecule has 0 heteroatoms. The van der Waals surface area contributed by atoms with Gasteiger partial charge in [-0.3, -0.25) is 0 Å². The second kappa shape index (κ2) is 5.16. The fraction of sp³-hybridized carbons (Fsp3) is 0.467. The van der Waals surface area contributed by atoms with Gasteiger partial charge in [-0.1, -0.05) is 64.1 Å². The second-order valence-electron chi connectivity index (χ2n) is 4.84. The molecular formula is C15H22. The smallest absolute Gasteiger partial charge is 0.00644 e. The van der Waals surface area contributed by atoms with Gasteiger partial charge in [-0.25, -0.2) is 0 Å². The van der Waals surface area contributed by atoms with Gasteiger partial charge < -0.3 is 0 Å². The molecule has 15 heavy (non-hydrogen) atoms. The summed E-state index contributed by atoms with van der Waals surface area (Å²) >= 11 is 0. The third-order valence-corrected chi connectivity index (χ3v) is 2.91. The van der Waals surface area contributed by atoms with Crippen LogP contribution in [0.3, 0.4) is 0 Å². The Balaban J connectivity index is 2.89. The molecule has 0 bridgehead atoms. The predicted molar refractivity (Wildman–Crippen MR) is 68.2 cm³/mol. The molecule has 0 aliphatic heterocycles. The fourth-order valence-corrected chi connectivity index (χ4v) is 1.71. The van der Waals surface area contributed by atoms with Gasteiger partial charge in [-0.15, -0.1) is 0 Å². The van der Waals surface area contributed by atoms with Crippen LogP contribution in [0.2, 0.25) is 0 Å². The average Bonchev–Trinajstić information content (AvgIpc) is 2.18. The van der Waals surface area contributed by atoms with E-state index in [1.54, 1.807) is 0 Å². The van der Waals surface area contributed by atoms with E-state index in [4.69, 9.17) is 0 Å². The van der Waals surface area contributed by atoms with Crippen molar-refractivity contribution in [3.63, 3.8) is 0 Å². The van der Waals surface area contributed by atoms with Crippen molar-refractivity contribution in [1.29, 1.82) is 0 Å². The molecule has 0 saturated heterocycles. The zero-order valence-corrected chi connectivity index (χ0v) is 10.4. The van der Waals surface area contributed by atoms with E-state index in [1.165, 1.54) is 16.7 Å². The first-order valence-electron chi connectivity index (χ1n) is 5.77. The molecule has 0 heterocycles. The van der Waals surface area contributed by atoms with E-state index >= 15 is 0 Å². The van der Waals surface area contributed by atoms with Crippen molar-refractivity contribution in [1.82, 2.24) is 0 Å². The van der Waals surface area contributed by atoms with Crippen LogP contribution in [0.1, 0.15) is 44.7 Å². The Labute approximate surface area is 94.0 Å². The highest BCUT2D eigenvalue weighted by Crippen LogP contribution is 2.23. The lowest BCUT2D eigenvalue weighted by Gasteiger charge is -2.15. The maximum absolute atomic E-state index is 4.15. The van der Waals surface area contributed by atoms with Gasteiger partial charge in [0.05, 0.1) is 0 Å². The molecule has 0 aromatic heterocycles. The van der Waals surface area contributed by atoms with Gasteiger partial charge in [-0.2, -0.15) is 0 Å². The molecule has 0 unspecified atom stereocenters. The SMILES string of the molecule is C=C(Cc1ccccc1C(C)C)C(C)C. The summed E-state index contributed by atoms with van der Waals surface area (Å²) in [6.45, 7) is 13.1. The van der Waals surface area contributed by atoms with E-state index in [0.29, 0.717) is 11.8 Å². The van der Waals surface area contributed by atoms with E-state index < -0.39 is 0 Å². The van der Waals surface area contributed by atoms with Gasteiger partial charge in [0.25, 0.3) is 0 Å². The van der Waals surface area contributed by atoms with Crippen LogP contribution in [0, 0.1) is 5.92 Å². The summed E-state index contributed by atoms with van der Waals surface area (Å²) in [7, 11) is 0. The van der Waals surface area contributed by atoms with Crippen molar-refractivity contribution < 1.29 is 0 Å². The predicted octanol–water partition coefficient (Wildman–Crippen LogP) is 4.56. The molecule has 0 aliphatic rings. The van der Waals surface area contributed by atoms with Gasteiger partial charge in [-0.05, 0) is 29.4 Å². The summed E-state index contributed by atoms with van der Waals surface area (Å²) in [5.41, 5.74) is 4.22. The molecule has 0 fully saturated rings. The molecule has 0 N–H and O–H groups in total. The summed E-state index contributed by atoms with van der Waals surface area (Å²) in [4.78, 5) is 0. The van der Waals surface area contributed by atoms with Crippen LogP contribution >= 0.6 is 0 Å². The third kappa shape index (κ3) is 3.23. The molecule has 0 spiro atoms. The quantitative estimate of drug-likeness (QED) is 0.628. The van der Waals surface area contributed by atoms with Gasteiger partial charge in [0.15, 0.2) is 0 Å². The van der Waals surface area contributed by atoms with Crippen molar-refractivity contribution >= 4 is 0 Å². The van der Waals surface area contributed by atoms with Crippen molar-refractivity contribution in [2.24, 2.45) is 5.92 Å². The van der Waals surface area contributed by atoms with Gasteiger partial charge in [0.1, 0.15) is 0 Å². The van der Waals surface area contributed by atoms with Gasteiger partial charge >= 0.3 is 0 Å². The first kappa shape index (κ1) is 12.0. The van der Waals surface area contributed by atoms with Crippen LogP contribution in [0.25, 0.3) is 0 Å². The van der Waals surface area contributed by atoms with Crippen LogP contribution in [-0.2, 0) is 6.42 Å². The number of rotatable bonds is 4. The summed E-state index contributed by atoms with van der Waals surface area (Å²) < 4.78 is 0. The van der Waals surface area contributed by atoms with Gasteiger partial charge in [0, 0.05) is 0 Å². The van der Waals surface area contributed by atoms with E-state index in [1.807, 2.05) is 0 Å². The third-order valence-electron chi connectivity index (χ3n) is 2.91. The van der Waals surface area contributed by atoms with Crippen molar-refractivity contribution in [2.75, 3.05) is 0 Å². The van der Waals surface area contributed by atoms with E-state index in [2.05, 4.69) is 58.5 Å². The summed E-state index contributed by atoms with van der Waals surface area (Å²) in [6.07, 6.45) is 1.02. The van der Waals surface area contributed by atoms with Crippen molar-refractivity contribution in [2.45, 2.75) is 40.0 Å². The molecule has 82 valence electrons. The average molecular weight is 202 g/mol. The molecular weight excluding hydrogens is 180 g/mol. The molecule has 1 rings (SSSR count). The van der Waals surface area contributed by atoms with E-state index in [0.717, 1.165) is 6.42 Å². The van der Waals surface area contributed by atoms with Crippen LogP contribution in [0.5, 0.6) is 0 Å². The molecule has 1 aromatic carbocycles. The minimum atomic E-state index is 0.574. The number of allylic oxidation sites excluding steroid dienone is 1. The summed E-state index contributed by atoms with van der Waals surface area (Å²) in [5.74, 6) is 1.17. The Bertz CT molecular complexity index is 332. The van der Waals surface area contributed by atoms with Crippen LogP contribution in [-0.4, -0.2) is 0 Å². The Kier molecular flexibility index (Phi) is 4.14. The number of benzene rings is 1. The fourth-order valence-electron chi connectivity index (χ4n) is 1.71. The molecule has 1 aromatic rings. The summed E-state index contributed by atoms with van der Waals surface area (Å²) in [6, 6.07) is 8.70. The number of hydrogen-bond acceptors (Lipinski definition) is 0. The first-order valence-corrected chi connectivity index (χ1v) is 5.77.